The predicted molar refractivity (Wildman–Crippen MR) is 219 cm³/mol. The van der Waals surface area contributed by atoms with Gasteiger partial charge in [-0.3, -0.25) is 44.2 Å². The number of likely N-dealkylation sites (N-methyl/N-ethyl adjacent to an activating group) is 1. The molecule has 0 saturated heterocycles. The van der Waals surface area contributed by atoms with E-state index in [1.54, 1.807) is 35.1 Å². The second kappa shape index (κ2) is 18.6. The number of fused-ring (bicyclic) bond motifs is 2. The minimum Gasteiger partial charge on any atom is -0.491 e. The van der Waals surface area contributed by atoms with Crippen LogP contribution in [-0.2, 0) is 30.7 Å². The van der Waals surface area contributed by atoms with E-state index in [-0.39, 0.29) is 71.0 Å². The van der Waals surface area contributed by atoms with Gasteiger partial charge in [-0.05, 0) is 37.5 Å². The normalized spacial score (nSPS) is 11.4. The van der Waals surface area contributed by atoms with Crippen molar-refractivity contribution in [2.45, 2.75) is 60.0 Å². The molecule has 6 aromatic rings. The quantitative estimate of drug-likeness (QED) is 0.0387. The number of hydrazine groups is 1. The van der Waals surface area contributed by atoms with Crippen LogP contribution < -0.4 is 32.3 Å². The molecule has 0 saturated carbocycles. The summed E-state index contributed by atoms with van der Waals surface area (Å²) in [6, 6.07) is 4.42. The van der Waals surface area contributed by atoms with Crippen molar-refractivity contribution in [3.05, 3.63) is 82.4 Å². The van der Waals surface area contributed by atoms with Crippen LogP contribution in [-0.4, -0.2) is 101 Å². The van der Waals surface area contributed by atoms with Crippen molar-refractivity contribution in [3.63, 3.8) is 0 Å². The number of primary amides is 2. The number of rotatable bonds is 19. The minimum atomic E-state index is -0.737. The van der Waals surface area contributed by atoms with E-state index in [0.717, 1.165) is 0 Å². The smallest absolute Gasteiger partial charge is 0.295 e. The van der Waals surface area contributed by atoms with E-state index >= 15 is 0 Å². The Labute approximate surface area is 347 Å². The van der Waals surface area contributed by atoms with Gasteiger partial charge < -0.3 is 34.7 Å². The van der Waals surface area contributed by atoms with Crippen LogP contribution in [0.3, 0.4) is 0 Å². The summed E-state index contributed by atoms with van der Waals surface area (Å²) in [6.07, 6.45) is 6.11. The molecule has 1 aromatic carbocycles. The average Bonchev–Trinajstić information content (AvgIpc) is 4.00. The first-order chi connectivity index (χ1) is 29.2. The molecule has 0 aliphatic heterocycles. The molecular weight excluding hydrogens is 795 g/mol. The number of hydrogen-bond acceptors (Lipinski definition) is 15. The summed E-state index contributed by atoms with van der Waals surface area (Å²) in [5, 5.41) is 15.9. The number of anilines is 2. The molecule has 0 unspecified atom stereocenters. The minimum absolute atomic E-state index is 0.0145. The van der Waals surface area contributed by atoms with Gasteiger partial charge in [-0.2, -0.15) is 0 Å². The number of oxazole rings is 2. The molecule has 0 aliphatic carbocycles. The number of carbonyl (C=O) groups excluding carboxylic acids is 5. The molecule has 0 radical (unpaired) electrons. The number of aryl methyl sites for hydroxylation is 4. The molecule has 0 atom stereocenters. The number of allylic oxidation sites excluding steroid dienone is 2. The first-order valence-corrected chi connectivity index (χ1v) is 19.2. The highest BCUT2D eigenvalue weighted by Crippen LogP contribution is 2.32. The molecule has 5 heterocycles. The molecule has 22 heteroatoms. The summed E-state index contributed by atoms with van der Waals surface area (Å²) in [6.45, 7) is 6.90. The van der Waals surface area contributed by atoms with Gasteiger partial charge in [-0.25, -0.2) is 30.3 Å². The molecule has 320 valence electrons. The number of aromatic nitrogens is 7. The van der Waals surface area contributed by atoms with E-state index in [4.69, 9.17) is 30.1 Å². The van der Waals surface area contributed by atoms with E-state index < -0.39 is 36.1 Å². The van der Waals surface area contributed by atoms with Crippen LogP contribution >= 0.6 is 0 Å². The zero-order chi connectivity index (χ0) is 44.0. The Kier molecular flexibility index (Phi) is 13.2. The third-order valence-corrected chi connectivity index (χ3v) is 9.28. The number of aliphatic hydroxyl groups excluding tert-OH is 1. The van der Waals surface area contributed by atoms with Gasteiger partial charge in [0.1, 0.15) is 23.4 Å². The first kappa shape index (κ1) is 43.1. The summed E-state index contributed by atoms with van der Waals surface area (Å²) >= 11 is 0. The number of nitrogens with zero attached hydrogens (tertiary/aromatic N) is 8. The fraction of sp³-hybridized carbons (Fsp3) is 0.333. The Morgan fingerprint density at radius 1 is 0.820 bits per heavy atom. The van der Waals surface area contributed by atoms with Crippen molar-refractivity contribution in [2.75, 3.05) is 37.4 Å². The summed E-state index contributed by atoms with van der Waals surface area (Å²) in [4.78, 5) is 85.4. The van der Waals surface area contributed by atoms with Gasteiger partial charge in [0, 0.05) is 52.3 Å². The van der Waals surface area contributed by atoms with E-state index in [0.29, 0.717) is 60.1 Å². The number of ether oxygens (including phenoxy) is 1. The van der Waals surface area contributed by atoms with E-state index in [2.05, 4.69) is 41.0 Å². The number of hydrogen-bond donors (Lipinski definition) is 6. The van der Waals surface area contributed by atoms with Crippen LogP contribution in [0.25, 0.3) is 22.2 Å². The monoisotopic (exact) mass is 839 g/mol. The SMILES string of the molecule is CCc1nc(C)oc1C(=O)Nc1nc2cc(C(N)=O)cnc2n1C/C=C/Cn1c(NC(=O)c2oc(C)nc2CC)nc2cc(C(N)=O)cc(OCCCNN(C)C(=O)CO)c21. The van der Waals surface area contributed by atoms with Crippen LogP contribution in [0.15, 0.2) is 45.4 Å². The third-order valence-electron chi connectivity index (χ3n) is 9.28. The largest absolute Gasteiger partial charge is 0.491 e. The van der Waals surface area contributed by atoms with Crippen LogP contribution in [0.5, 0.6) is 5.75 Å². The lowest BCUT2D eigenvalue weighted by atomic mass is 10.1. The molecule has 8 N–H and O–H groups in total. The fourth-order valence-electron chi connectivity index (χ4n) is 6.32. The van der Waals surface area contributed by atoms with Crippen LogP contribution in [0.1, 0.15) is 85.3 Å². The lowest BCUT2D eigenvalue weighted by Gasteiger charge is -2.17. The Bertz CT molecular complexity index is 2670. The molecule has 5 aromatic heterocycles. The summed E-state index contributed by atoms with van der Waals surface area (Å²) in [5.41, 5.74) is 16.5. The van der Waals surface area contributed by atoms with Gasteiger partial charge in [0.2, 0.25) is 35.2 Å². The topological polar surface area (TPSA) is 307 Å². The van der Waals surface area contributed by atoms with Crippen molar-refractivity contribution in [3.8, 4) is 5.75 Å². The summed E-state index contributed by atoms with van der Waals surface area (Å²) < 4.78 is 20.7. The van der Waals surface area contributed by atoms with Gasteiger partial charge in [-0.1, -0.05) is 26.0 Å². The highest BCUT2D eigenvalue weighted by atomic mass is 16.5. The van der Waals surface area contributed by atoms with Crippen molar-refractivity contribution >= 4 is 63.6 Å². The van der Waals surface area contributed by atoms with Crippen LogP contribution in [0, 0.1) is 13.8 Å². The van der Waals surface area contributed by atoms with Gasteiger partial charge in [0.25, 0.3) is 17.7 Å². The number of amides is 5. The molecule has 0 fully saturated rings. The third kappa shape index (κ3) is 9.55. The Morgan fingerprint density at radius 3 is 1.95 bits per heavy atom. The van der Waals surface area contributed by atoms with Crippen molar-refractivity contribution < 1.29 is 42.7 Å². The molecular formula is C39H45N13O9. The Hall–Kier alpha value is -7.46. The van der Waals surface area contributed by atoms with Gasteiger partial charge >= 0.3 is 0 Å². The lowest BCUT2D eigenvalue weighted by Crippen LogP contribution is -2.41. The zero-order valence-electron chi connectivity index (χ0n) is 34.1. The number of pyridine rings is 1. The maximum atomic E-state index is 13.6. The molecule has 0 spiro atoms. The Morgan fingerprint density at radius 2 is 1.38 bits per heavy atom. The number of aliphatic hydroxyl groups is 1. The molecule has 61 heavy (non-hydrogen) atoms. The number of imidazole rings is 2. The maximum absolute atomic E-state index is 13.6. The Balaban J connectivity index is 1.35. The number of nitrogens with two attached hydrogens (primary N) is 2. The van der Waals surface area contributed by atoms with Crippen LogP contribution in [0.2, 0.25) is 0 Å². The highest BCUT2D eigenvalue weighted by molar-refractivity contribution is 6.05. The van der Waals surface area contributed by atoms with E-state index in [9.17, 15) is 24.0 Å². The average molecular weight is 840 g/mol. The predicted octanol–water partition coefficient (Wildman–Crippen LogP) is 2.18. The molecule has 5 amide bonds. The van der Waals surface area contributed by atoms with E-state index in [1.807, 2.05) is 13.8 Å². The first-order valence-electron chi connectivity index (χ1n) is 19.2. The number of carbonyl (C=O) groups is 5. The summed E-state index contributed by atoms with van der Waals surface area (Å²) in [7, 11) is 1.48. The maximum Gasteiger partial charge on any atom is 0.295 e. The fourth-order valence-corrected chi connectivity index (χ4v) is 6.32. The zero-order valence-corrected chi connectivity index (χ0v) is 34.1. The van der Waals surface area contributed by atoms with Crippen molar-refractivity contribution in [1.29, 1.82) is 0 Å². The number of nitrogens with one attached hydrogen (secondary N) is 3. The lowest BCUT2D eigenvalue weighted by molar-refractivity contribution is -0.135. The molecule has 0 aliphatic rings. The van der Waals surface area contributed by atoms with E-state index in [1.165, 1.54) is 36.5 Å². The van der Waals surface area contributed by atoms with Crippen molar-refractivity contribution in [1.82, 2.24) is 44.5 Å². The van der Waals surface area contributed by atoms with Gasteiger partial charge in [0.05, 0.1) is 29.1 Å². The second-order valence-electron chi connectivity index (χ2n) is 13.6. The summed E-state index contributed by atoms with van der Waals surface area (Å²) in [5.74, 6) is -2.06. The standard InChI is InChI=1S/C39H45N13O9/c1-6-24-31(60-20(3)44-24)36(57)48-38-46-26-15-22(33(40)55)17-28(59-14-10-11-43-50(5)29(54)19-53)30(26)51(38)12-8-9-13-52-35-27(16-23(18-42-35)34(41)56)47-39(52)49-37(58)32-25(7-2)45-21(4)61-32/h8-9,15-18,43,53H,6-7,10-14,19H2,1-5H3,(H2,40,55)(H2,41,56)(H,46,48,57)(H,47,49,58)/b9-8+. The van der Waals surface area contributed by atoms with Crippen molar-refractivity contribution in [2.24, 2.45) is 11.5 Å². The van der Waals surface area contributed by atoms with Crippen LogP contribution in [0.4, 0.5) is 11.9 Å². The second-order valence-corrected chi connectivity index (χ2v) is 13.6. The molecule has 6 rings (SSSR count). The number of benzene rings is 1. The highest BCUT2D eigenvalue weighted by Gasteiger charge is 2.25. The molecule has 22 nitrogen and oxygen atoms in total. The van der Waals surface area contributed by atoms with Gasteiger partial charge in [0.15, 0.2) is 17.4 Å². The molecule has 0 bridgehead atoms. The van der Waals surface area contributed by atoms with Gasteiger partial charge in [-0.15, -0.1) is 0 Å².